The molecule has 1 heterocycles. The highest BCUT2D eigenvalue weighted by Crippen LogP contribution is 2.30. The molecule has 182 valence electrons. The molecule has 1 aromatic heterocycles. The summed E-state index contributed by atoms with van der Waals surface area (Å²) >= 11 is 1.24. The van der Waals surface area contributed by atoms with Gasteiger partial charge in [0.2, 0.25) is 21.1 Å². The van der Waals surface area contributed by atoms with Crippen LogP contribution in [0.15, 0.2) is 28.3 Å². The predicted molar refractivity (Wildman–Crippen MR) is 129 cm³/mol. The fourth-order valence-electron chi connectivity index (χ4n) is 4.01. The van der Waals surface area contributed by atoms with Gasteiger partial charge < -0.3 is 10.1 Å². The van der Waals surface area contributed by atoms with Crippen LogP contribution in [0.25, 0.3) is 0 Å². The average molecular weight is 496 g/mol. The number of ether oxygens (including phenoxy) is 1. The number of nitrogens with zero attached hydrogens (tertiary/aromatic N) is 3. The first-order valence-corrected chi connectivity index (χ1v) is 13.9. The molecular formula is C22H33N5O4S2. The minimum Gasteiger partial charge on any atom is -0.492 e. The molecule has 2 N–H and O–H groups in total. The van der Waals surface area contributed by atoms with Crippen molar-refractivity contribution in [2.75, 3.05) is 30.8 Å². The number of thioether (sulfide) groups is 1. The highest BCUT2D eigenvalue weighted by molar-refractivity contribution is 7.99. The summed E-state index contributed by atoms with van der Waals surface area (Å²) in [5.74, 6) is 1.65. The largest absolute Gasteiger partial charge is 0.492 e. The number of aromatic amines is 1. The van der Waals surface area contributed by atoms with Crippen LogP contribution in [0, 0.1) is 5.92 Å². The summed E-state index contributed by atoms with van der Waals surface area (Å²) in [6.45, 7) is 6.39. The molecule has 1 aromatic carbocycles. The normalized spacial score (nSPS) is 14.7. The van der Waals surface area contributed by atoms with Gasteiger partial charge in [0.05, 0.1) is 12.4 Å². The summed E-state index contributed by atoms with van der Waals surface area (Å²) in [7, 11) is -3.75. The quantitative estimate of drug-likeness (QED) is 0.431. The zero-order chi connectivity index (χ0) is 23.8. The van der Waals surface area contributed by atoms with Crippen molar-refractivity contribution in [3.05, 3.63) is 24.0 Å². The Hall–Kier alpha value is -2.11. The molecule has 1 saturated carbocycles. The Morgan fingerprint density at radius 2 is 1.97 bits per heavy atom. The van der Waals surface area contributed by atoms with E-state index in [-0.39, 0.29) is 22.3 Å². The van der Waals surface area contributed by atoms with E-state index in [1.807, 2.05) is 0 Å². The number of carbonyl (C=O) groups excluding carboxylic acids is 1. The van der Waals surface area contributed by atoms with Crippen molar-refractivity contribution >= 4 is 33.4 Å². The molecule has 11 heteroatoms. The molecule has 1 aliphatic rings. The zero-order valence-electron chi connectivity index (χ0n) is 19.5. The van der Waals surface area contributed by atoms with E-state index >= 15 is 0 Å². The second kappa shape index (κ2) is 11.8. The van der Waals surface area contributed by atoms with Crippen LogP contribution in [0.3, 0.4) is 0 Å². The summed E-state index contributed by atoms with van der Waals surface area (Å²) in [4.78, 5) is 17.0. The van der Waals surface area contributed by atoms with Crippen LogP contribution in [0.4, 0.5) is 5.69 Å². The number of benzene rings is 1. The minimum absolute atomic E-state index is 0.0454. The number of H-pyrrole nitrogens is 1. The number of hydrogen-bond acceptors (Lipinski definition) is 7. The second-order valence-corrected chi connectivity index (χ2v) is 10.8. The van der Waals surface area contributed by atoms with Gasteiger partial charge in [0.25, 0.3) is 0 Å². The van der Waals surface area contributed by atoms with Crippen LogP contribution in [0.2, 0.25) is 0 Å². The fourth-order valence-corrected chi connectivity index (χ4v) is 6.25. The van der Waals surface area contributed by atoms with Crippen molar-refractivity contribution in [2.24, 2.45) is 5.92 Å². The molecule has 0 spiro atoms. The molecule has 0 saturated heterocycles. The lowest BCUT2D eigenvalue weighted by Gasteiger charge is -2.21. The van der Waals surface area contributed by atoms with E-state index in [0.717, 1.165) is 12.2 Å². The SMILES string of the molecule is CCOc1ccc(NC(=O)CSc2n[nH]c(CC3CCCC3)n2)cc1S(=O)(=O)N(CC)CC. The molecule has 9 nitrogen and oxygen atoms in total. The first-order valence-electron chi connectivity index (χ1n) is 11.5. The molecule has 3 rings (SSSR count). The highest BCUT2D eigenvalue weighted by atomic mass is 32.2. The number of carbonyl (C=O) groups is 1. The predicted octanol–water partition coefficient (Wildman–Crippen LogP) is 3.70. The van der Waals surface area contributed by atoms with Gasteiger partial charge in [-0.25, -0.2) is 13.4 Å². The molecule has 0 aliphatic heterocycles. The Balaban J connectivity index is 1.64. The van der Waals surface area contributed by atoms with Gasteiger partial charge in [-0.1, -0.05) is 51.3 Å². The number of amides is 1. The molecule has 0 bridgehead atoms. The third kappa shape index (κ3) is 6.70. The maximum Gasteiger partial charge on any atom is 0.246 e. The molecular weight excluding hydrogens is 462 g/mol. The summed E-state index contributed by atoms with van der Waals surface area (Å²) in [6.07, 6.45) is 5.93. The lowest BCUT2D eigenvalue weighted by Crippen LogP contribution is -2.31. The Bertz CT molecular complexity index is 1030. The molecule has 0 atom stereocenters. The number of nitrogens with one attached hydrogen (secondary N) is 2. The van der Waals surface area contributed by atoms with E-state index in [9.17, 15) is 13.2 Å². The van der Waals surface area contributed by atoms with Crippen LogP contribution in [0.5, 0.6) is 5.75 Å². The molecule has 1 amide bonds. The van der Waals surface area contributed by atoms with E-state index in [4.69, 9.17) is 4.74 Å². The first-order chi connectivity index (χ1) is 15.9. The van der Waals surface area contributed by atoms with Gasteiger partial charge in [0.15, 0.2) is 0 Å². The topological polar surface area (TPSA) is 117 Å². The van der Waals surface area contributed by atoms with Gasteiger partial charge in [0, 0.05) is 25.2 Å². The molecule has 1 aliphatic carbocycles. The van der Waals surface area contributed by atoms with Crippen molar-refractivity contribution in [3.63, 3.8) is 0 Å². The molecule has 0 radical (unpaired) electrons. The van der Waals surface area contributed by atoms with Gasteiger partial charge in [-0.2, -0.15) is 4.31 Å². The number of anilines is 1. The van der Waals surface area contributed by atoms with E-state index in [2.05, 4.69) is 20.5 Å². The number of sulfonamides is 1. The lowest BCUT2D eigenvalue weighted by atomic mass is 10.0. The summed E-state index contributed by atoms with van der Waals surface area (Å²) < 4.78 is 33.0. The van der Waals surface area contributed by atoms with E-state index in [0.29, 0.717) is 36.5 Å². The van der Waals surface area contributed by atoms with Crippen molar-refractivity contribution in [3.8, 4) is 5.75 Å². The molecule has 2 aromatic rings. The molecule has 33 heavy (non-hydrogen) atoms. The summed E-state index contributed by atoms with van der Waals surface area (Å²) in [5.41, 5.74) is 0.395. The van der Waals surface area contributed by atoms with Crippen LogP contribution in [0.1, 0.15) is 52.3 Å². The van der Waals surface area contributed by atoms with Gasteiger partial charge in [-0.05, 0) is 31.0 Å². The van der Waals surface area contributed by atoms with Crippen LogP contribution in [-0.4, -0.2) is 59.3 Å². The van der Waals surface area contributed by atoms with Crippen LogP contribution >= 0.6 is 11.8 Å². The van der Waals surface area contributed by atoms with E-state index in [1.165, 1.54) is 47.8 Å². The Morgan fingerprint density at radius 3 is 2.64 bits per heavy atom. The second-order valence-electron chi connectivity index (χ2n) is 7.94. The number of aromatic nitrogens is 3. The van der Waals surface area contributed by atoms with Gasteiger partial charge in [-0.3, -0.25) is 9.89 Å². The minimum atomic E-state index is -3.75. The van der Waals surface area contributed by atoms with Crippen molar-refractivity contribution in [1.29, 1.82) is 0 Å². The van der Waals surface area contributed by atoms with Gasteiger partial charge >= 0.3 is 0 Å². The average Bonchev–Trinajstić information content (AvgIpc) is 3.46. The molecule has 0 unspecified atom stereocenters. The van der Waals surface area contributed by atoms with Gasteiger partial charge in [0.1, 0.15) is 16.5 Å². The highest BCUT2D eigenvalue weighted by Gasteiger charge is 2.26. The summed E-state index contributed by atoms with van der Waals surface area (Å²) in [6, 6.07) is 4.67. The maximum absolute atomic E-state index is 13.1. The van der Waals surface area contributed by atoms with Gasteiger partial charge in [-0.15, -0.1) is 5.10 Å². The molecule has 1 fully saturated rings. The zero-order valence-corrected chi connectivity index (χ0v) is 21.1. The standard InChI is InChI=1S/C22H33N5O4S2/c1-4-27(5-2)33(29,30)19-14-17(11-12-18(19)31-6-3)23-21(28)15-32-22-24-20(25-26-22)13-16-9-7-8-10-16/h11-12,14,16H,4-10,13,15H2,1-3H3,(H,23,28)(H,24,25,26). The lowest BCUT2D eigenvalue weighted by molar-refractivity contribution is -0.113. The van der Waals surface area contributed by atoms with Crippen molar-refractivity contribution < 1.29 is 17.9 Å². The number of rotatable bonds is 12. The Labute approximate surface area is 200 Å². The maximum atomic E-state index is 13.1. The third-order valence-corrected chi connectivity index (χ3v) is 8.57. The Kier molecular flexibility index (Phi) is 9.16. The number of hydrogen-bond donors (Lipinski definition) is 2. The monoisotopic (exact) mass is 495 g/mol. The van der Waals surface area contributed by atoms with Crippen molar-refractivity contribution in [2.45, 2.75) is 62.9 Å². The first kappa shape index (κ1) is 25.5. The van der Waals surface area contributed by atoms with E-state index < -0.39 is 10.0 Å². The van der Waals surface area contributed by atoms with Crippen LogP contribution in [-0.2, 0) is 21.2 Å². The van der Waals surface area contributed by atoms with Crippen molar-refractivity contribution in [1.82, 2.24) is 19.5 Å². The van der Waals surface area contributed by atoms with Crippen LogP contribution < -0.4 is 10.1 Å². The fraction of sp³-hybridized carbons (Fsp3) is 0.591. The van der Waals surface area contributed by atoms with E-state index in [1.54, 1.807) is 32.9 Å². The smallest absolute Gasteiger partial charge is 0.246 e. The summed E-state index contributed by atoms with van der Waals surface area (Å²) in [5, 5.41) is 10.5. The third-order valence-electron chi connectivity index (χ3n) is 5.65. The Morgan fingerprint density at radius 1 is 1.24 bits per heavy atom.